The Hall–Kier alpha value is -1.87. The molecule has 0 aliphatic rings. The van der Waals surface area contributed by atoms with E-state index in [1.807, 2.05) is 0 Å². The molecule has 0 amide bonds. The minimum Gasteiger partial charge on any atom is -0.344 e. The van der Waals surface area contributed by atoms with E-state index < -0.39 is 0 Å². The molecule has 18 heavy (non-hydrogen) atoms. The van der Waals surface area contributed by atoms with Gasteiger partial charge in [-0.15, -0.1) is 0 Å². The van der Waals surface area contributed by atoms with Crippen molar-refractivity contribution < 1.29 is 9.18 Å². The smallest absolute Gasteiger partial charge is 0.153 e. The van der Waals surface area contributed by atoms with Gasteiger partial charge < -0.3 is 4.90 Å². The summed E-state index contributed by atoms with van der Waals surface area (Å²) in [5, 5.41) is 0.380. The number of hydrogen-bond donors (Lipinski definition) is 0. The summed E-state index contributed by atoms with van der Waals surface area (Å²) in [5.41, 5.74) is 1.69. The third-order valence-electron chi connectivity index (χ3n) is 2.70. The molecule has 0 radical (unpaired) electrons. The number of anilines is 2. The Morgan fingerprint density at radius 1 is 1.22 bits per heavy atom. The zero-order valence-corrected chi connectivity index (χ0v) is 10.5. The molecule has 0 bridgehead atoms. The van der Waals surface area contributed by atoms with E-state index in [2.05, 4.69) is 0 Å². The van der Waals surface area contributed by atoms with Crippen LogP contribution in [0.25, 0.3) is 0 Å². The number of rotatable bonds is 3. The monoisotopic (exact) mass is 263 g/mol. The second kappa shape index (κ2) is 5.19. The topological polar surface area (TPSA) is 20.3 Å². The Morgan fingerprint density at radius 2 is 1.94 bits per heavy atom. The summed E-state index contributed by atoms with van der Waals surface area (Å²) in [6.07, 6.45) is 0.702. The van der Waals surface area contributed by atoms with Crippen molar-refractivity contribution in [2.45, 2.75) is 0 Å². The fourth-order valence-electron chi connectivity index (χ4n) is 1.76. The Morgan fingerprint density at radius 3 is 2.61 bits per heavy atom. The third-order valence-corrected chi connectivity index (χ3v) is 3.03. The van der Waals surface area contributed by atoms with Crippen molar-refractivity contribution in [3.8, 4) is 0 Å². The van der Waals surface area contributed by atoms with E-state index in [1.165, 1.54) is 12.1 Å². The molecule has 2 nitrogen and oxygen atoms in total. The van der Waals surface area contributed by atoms with Crippen LogP contribution in [0.4, 0.5) is 15.8 Å². The van der Waals surface area contributed by atoms with Gasteiger partial charge in [0.25, 0.3) is 0 Å². The van der Waals surface area contributed by atoms with Gasteiger partial charge >= 0.3 is 0 Å². The molecule has 0 saturated carbocycles. The summed E-state index contributed by atoms with van der Waals surface area (Å²) in [5.74, 6) is -0.325. The Labute approximate surface area is 110 Å². The van der Waals surface area contributed by atoms with Crippen LogP contribution >= 0.6 is 11.6 Å². The van der Waals surface area contributed by atoms with E-state index in [1.54, 1.807) is 42.3 Å². The first kappa shape index (κ1) is 12.6. The van der Waals surface area contributed by atoms with Crippen molar-refractivity contribution >= 4 is 29.3 Å². The van der Waals surface area contributed by atoms with Crippen LogP contribution in [0.15, 0.2) is 42.5 Å². The van der Waals surface area contributed by atoms with Gasteiger partial charge in [0.2, 0.25) is 0 Å². The number of carbonyl (C=O) groups is 1. The predicted octanol–water partition coefficient (Wildman–Crippen LogP) is 4.06. The fraction of sp³-hybridized carbons (Fsp3) is 0.0714. The summed E-state index contributed by atoms with van der Waals surface area (Å²) >= 11 is 5.96. The molecular weight excluding hydrogens is 253 g/mol. The van der Waals surface area contributed by atoms with E-state index in [9.17, 15) is 9.18 Å². The lowest BCUT2D eigenvalue weighted by molar-refractivity contribution is 0.112. The van der Waals surface area contributed by atoms with Crippen LogP contribution in [0.5, 0.6) is 0 Å². The zero-order valence-electron chi connectivity index (χ0n) is 9.73. The van der Waals surface area contributed by atoms with E-state index in [4.69, 9.17) is 11.6 Å². The highest BCUT2D eigenvalue weighted by Crippen LogP contribution is 2.30. The normalized spacial score (nSPS) is 10.2. The highest BCUT2D eigenvalue weighted by Gasteiger charge is 2.11. The van der Waals surface area contributed by atoms with Gasteiger partial charge in [-0.2, -0.15) is 0 Å². The highest BCUT2D eigenvalue weighted by atomic mass is 35.5. The maximum Gasteiger partial charge on any atom is 0.153 e. The number of halogens is 2. The molecule has 2 rings (SSSR count). The lowest BCUT2D eigenvalue weighted by Crippen LogP contribution is -2.12. The molecule has 0 spiro atoms. The van der Waals surface area contributed by atoms with Gasteiger partial charge in [0.05, 0.1) is 16.3 Å². The minimum atomic E-state index is -0.325. The number of benzene rings is 2. The zero-order chi connectivity index (χ0) is 13.1. The molecule has 0 aromatic heterocycles. The van der Waals surface area contributed by atoms with Crippen LogP contribution in [0.3, 0.4) is 0 Å². The molecule has 0 unspecified atom stereocenters. The lowest BCUT2D eigenvalue weighted by Gasteiger charge is -2.21. The van der Waals surface area contributed by atoms with Crippen LogP contribution in [0, 0.1) is 5.82 Å². The average Bonchev–Trinajstić information content (AvgIpc) is 2.37. The lowest BCUT2D eigenvalue weighted by atomic mass is 10.1. The van der Waals surface area contributed by atoms with Gasteiger partial charge in [-0.05, 0) is 30.3 Å². The second-order valence-corrected chi connectivity index (χ2v) is 4.24. The summed E-state index contributed by atoms with van der Waals surface area (Å²) in [6.45, 7) is 0. The molecule has 2 aromatic carbocycles. The van der Waals surface area contributed by atoms with E-state index in [-0.39, 0.29) is 5.82 Å². The minimum absolute atomic E-state index is 0.325. The molecule has 92 valence electrons. The first-order chi connectivity index (χ1) is 8.63. The van der Waals surface area contributed by atoms with Crippen LogP contribution in [0.2, 0.25) is 5.02 Å². The number of carbonyl (C=O) groups excluding carboxylic acids is 1. The summed E-state index contributed by atoms with van der Waals surface area (Å²) < 4.78 is 13.2. The third kappa shape index (κ3) is 2.36. The molecule has 4 heteroatoms. The molecule has 0 aliphatic carbocycles. The largest absolute Gasteiger partial charge is 0.344 e. The number of nitrogens with zero attached hydrogens (tertiary/aromatic N) is 1. The first-order valence-corrected chi connectivity index (χ1v) is 5.74. The quantitative estimate of drug-likeness (QED) is 0.779. The van der Waals surface area contributed by atoms with Gasteiger partial charge in [-0.1, -0.05) is 23.7 Å². The van der Waals surface area contributed by atoms with Gasteiger partial charge in [0, 0.05) is 12.7 Å². The predicted molar refractivity (Wildman–Crippen MR) is 71.3 cm³/mol. The summed E-state index contributed by atoms with van der Waals surface area (Å²) in [7, 11) is 1.76. The van der Waals surface area contributed by atoms with Gasteiger partial charge in [0.1, 0.15) is 5.82 Å². The van der Waals surface area contributed by atoms with Crippen LogP contribution in [0.1, 0.15) is 10.4 Å². The maximum absolute atomic E-state index is 13.2. The van der Waals surface area contributed by atoms with E-state index in [0.717, 1.165) is 0 Å². The van der Waals surface area contributed by atoms with Gasteiger partial charge in [0.15, 0.2) is 6.29 Å². The molecule has 0 atom stereocenters. The van der Waals surface area contributed by atoms with Gasteiger partial charge in [-0.3, -0.25) is 4.79 Å². The number of aldehydes is 1. The molecule has 0 heterocycles. The van der Waals surface area contributed by atoms with Crippen molar-refractivity contribution in [1.82, 2.24) is 0 Å². The van der Waals surface area contributed by atoms with Crippen molar-refractivity contribution in [2.24, 2.45) is 0 Å². The Balaban J connectivity index is 2.49. The molecule has 0 N–H and O–H groups in total. The molecule has 2 aromatic rings. The van der Waals surface area contributed by atoms with Crippen LogP contribution < -0.4 is 4.90 Å². The average molecular weight is 264 g/mol. The standard InChI is InChI=1S/C14H11ClFNO/c1-17(11-5-2-4-10(16)8-11)14-7-3-6-13(15)12(14)9-18/h2-9H,1H3. The maximum atomic E-state index is 13.2. The van der Waals surface area contributed by atoms with E-state index >= 15 is 0 Å². The summed E-state index contributed by atoms with van der Waals surface area (Å²) in [4.78, 5) is 12.8. The highest BCUT2D eigenvalue weighted by molar-refractivity contribution is 6.33. The van der Waals surface area contributed by atoms with E-state index in [0.29, 0.717) is 28.2 Å². The van der Waals surface area contributed by atoms with Crippen molar-refractivity contribution in [3.05, 3.63) is 58.9 Å². The van der Waals surface area contributed by atoms with Gasteiger partial charge in [-0.25, -0.2) is 4.39 Å². The summed E-state index contributed by atoms with van der Waals surface area (Å²) in [6, 6.07) is 11.3. The Kier molecular flexibility index (Phi) is 3.63. The molecule has 0 aliphatic heterocycles. The fourth-order valence-corrected chi connectivity index (χ4v) is 1.97. The molecular formula is C14H11ClFNO. The SMILES string of the molecule is CN(c1cccc(F)c1)c1cccc(Cl)c1C=O. The molecule has 0 fully saturated rings. The van der Waals surface area contributed by atoms with Crippen molar-refractivity contribution in [1.29, 1.82) is 0 Å². The molecule has 0 saturated heterocycles. The number of hydrogen-bond acceptors (Lipinski definition) is 2. The van der Waals surface area contributed by atoms with Crippen molar-refractivity contribution in [2.75, 3.05) is 11.9 Å². The van der Waals surface area contributed by atoms with Crippen LogP contribution in [-0.2, 0) is 0 Å². The van der Waals surface area contributed by atoms with Crippen LogP contribution in [-0.4, -0.2) is 13.3 Å². The second-order valence-electron chi connectivity index (χ2n) is 3.83. The first-order valence-electron chi connectivity index (χ1n) is 5.36. The van der Waals surface area contributed by atoms with Crippen molar-refractivity contribution in [3.63, 3.8) is 0 Å². The Bertz CT molecular complexity index is 586.